The van der Waals surface area contributed by atoms with E-state index in [2.05, 4.69) is 39.1 Å². The molecule has 142 valence electrons. The lowest BCUT2D eigenvalue weighted by Gasteiger charge is -2.48. The molecule has 0 aliphatic carbocycles. The lowest BCUT2D eigenvalue weighted by Crippen LogP contribution is -2.45. The van der Waals surface area contributed by atoms with Crippen molar-refractivity contribution in [3.05, 3.63) is 23.8 Å². The summed E-state index contributed by atoms with van der Waals surface area (Å²) in [5, 5.41) is 3.61. The van der Waals surface area contributed by atoms with Crippen LogP contribution in [0.3, 0.4) is 0 Å². The Morgan fingerprint density at radius 3 is 2.48 bits per heavy atom. The highest BCUT2D eigenvalue weighted by Gasteiger charge is 2.42. The number of hydrogen-bond donors (Lipinski definition) is 1. The Hall–Kier alpha value is -1.26. The highest BCUT2D eigenvalue weighted by molar-refractivity contribution is 5.42. The fraction of sp³-hybridized carbons (Fsp3) is 0.714. The van der Waals surface area contributed by atoms with E-state index in [-0.39, 0.29) is 5.60 Å². The van der Waals surface area contributed by atoms with Crippen molar-refractivity contribution in [2.24, 2.45) is 11.3 Å². The van der Waals surface area contributed by atoms with Crippen molar-refractivity contribution in [3.8, 4) is 11.5 Å². The van der Waals surface area contributed by atoms with E-state index in [1.165, 1.54) is 12.0 Å². The molecule has 1 N–H and O–H groups in total. The maximum Gasteiger partial charge on any atom is 0.161 e. The van der Waals surface area contributed by atoms with E-state index in [4.69, 9.17) is 14.2 Å². The summed E-state index contributed by atoms with van der Waals surface area (Å²) in [5.74, 6) is 2.22. The predicted molar refractivity (Wildman–Crippen MR) is 102 cm³/mol. The third-order valence-corrected chi connectivity index (χ3v) is 5.67. The molecule has 4 nitrogen and oxygen atoms in total. The number of nitrogens with one attached hydrogen (secondary N) is 1. The lowest BCUT2D eigenvalue weighted by atomic mass is 9.65. The fourth-order valence-corrected chi connectivity index (χ4v) is 4.07. The maximum atomic E-state index is 5.95. The SMILES string of the molecule is COc1ccc(CNCC[C@]2(C(C)C)CCOC(C)(C)C2)cc1OC. The molecule has 0 radical (unpaired) electrons. The summed E-state index contributed by atoms with van der Waals surface area (Å²) in [5.41, 5.74) is 1.57. The standard InChI is InChI=1S/C21H35NO3/c1-16(2)21(10-12-25-20(3,4)15-21)9-11-22-14-17-7-8-18(23-5)19(13-17)24-6/h7-8,13,16,22H,9-12,14-15H2,1-6H3/t21-/m0/s1. The van der Waals surface area contributed by atoms with Crippen LogP contribution in [0.2, 0.25) is 0 Å². The minimum Gasteiger partial charge on any atom is -0.493 e. The summed E-state index contributed by atoms with van der Waals surface area (Å²) < 4.78 is 16.6. The number of ether oxygens (including phenoxy) is 3. The smallest absolute Gasteiger partial charge is 0.161 e. The third-order valence-electron chi connectivity index (χ3n) is 5.67. The van der Waals surface area contributed by atoms with Gasteiger partial charge in [-0.25, -0.2) is 0 Å². The Balaban J connectivity index is 1.91. The van der Waals surface area contributed by atoms with Gasteiger partial charge >= 0.3 is 0 Å². The van der Waals surface area contributed by atoms with E-state index in [1.807, 2.05) is 12.1 Å². The number of benzene rings is 1. The molecule has 4 heteroatoms. The van der Waals surface area contributed by atoms with Gasteiger partial charge in [0.25, 0.3) is 0 Å². The van der Waals surface area contributed by atoms with Crippen molar-refractivity contribution >= 4 is 0 Å². The van der Waals surface area contributed by atoms with Crippen LogP contribution in [0, 0.1) is 11.3 Å². The molecule has 1 aromatic rings. The molecule has 1 heterocycles. The van der Waals surface area contributed by atoms with Gasteiger partial charge in [0.2, 0.25) is 0 Å². The van der Waals surface area contributed by atoms with Gasteiger partial charge in [0.1, 0.15) is 0 Å². The van der Waals surface area contributed by atoms with Crippen LogP contribution in [0.15, 0.2) is 18.2 Å². The quantitative estimate of drug-likeness (QED) is 0.706. The molecule has 1 aromatic carbocycles. The van der Waals surface area contributed by atoms with Crippen molar-refractivity contribution in [2.45, 2.75) is 59.1 Å². The molecule has 0 bridgehead atoms. The van der Waals surface area contributed by atoms with E-state index in [9.17, 15) is 0 Å². The molecule has 1 aliphatic rings. The van der Waals surface area contributed by atoms with Crippen LogP contribution in [0.5, 0.6) is 11.5 Å². The van der Waals surface area contributed by atoms with Crippen LogP contribution < -0.4 is 14.8 Å². The maximum absolute atomic E-state index is 5.95. The molecular formula is C21H35NO3. The molecule has 0 saturated carbocycles. The van der Waals surface area contributed by atoms with E-state index in [1.54, 1.807) is 14.2 Å². The molecule has 25 heavy (non-hydrogen) atoms. The monoisotopic (exact) mass is 349 g/mol. The molecular weight excluding hydrogens is 314 g/mol. The highest BCUT2D eigenvalue weighted by Crippen LogP contribution is 2.46. The topological polar surface area (TPSA) is 39.7 Å². The third kappa shape index (κ3) is 5.11. The van der Waals surface area contributed by atoms with Crippen molar-refractivity contribution in [1.29, 1.82) is 0 Å². The highest BCUT2D eigenvalue weighted by atomic mass is 16.5. The summed E-state index contributed by atoms with van der Waals surface area (Å²) in [6.07, 6.45) is 3.48. The van der Waals surface area contributed by atoms with E-state index in [0.717, 1.165) is 44.0 Å². The van der Waals surface area contributed by atoms with Gasteiger partial charge in [-0.15, -0.1) is 0 Å². The van der Waals surface area contributed by atoms with Crippen LogP contribution in [0.25, 0.3) is 0 Å². The lowest BCUT2D eigenvalue weighted by molar-refractivity contribution is -0.121. The van der Waals surface area contributed by atoms with Gasteiger partial charge in [0, 0.05) is 13.2 Å². The van der Waals surface area contributed by atoms with Gasteiger partial charge in [0.05, 0.1) is 19.8 Å². The Labute approximate surface area is 153 Å². The van der Waals surface area contributed by atoms with Crippen molar-refractivity contribution in [2.75, 3.05) is 27.4 Å². The van der Waals surface area contributed by atoms with Crippen LogP contribution >= 0.6 is 0 Å². The largest absolute Gasteiger partial charge is 0.493 e. The average molecular weight is 350 g/mol. The zero-order chi connectivity index (χ0) is 18.5. The summed E-state index contributed by atoms with van der Waals surface area (Å²) >= 11 is 0. The van der Waals surface area contributed by atoms with Crippen LogP contribution in [0.1, 0.15) is 52.5 Å². The first-order valence-corrected chi connectivity index (χ1v) is 9.37. The minimum atomic E-state index is -0.00807. The molecule has 1 atom stereocenters. The van der Waals surface area contributed by atoms with Crippen LogP contribution in [-0.4, -0.2) is 33.0 Å². The van der Waals surface area contributed by atoms with Crippen molar-refractivity contribution < 1.29 is 14.2 Å². The molecule has 0 amide bonds. The Morgan fingerprint density at radius 1 is 1.16 bits per heavy atom. The second-order valence-electron chi connectivity index (χ2n) is 8.17. The van der Waals surface area contributed by atoms with Gasteiger partial charge in [-0.1, -0.05) is 19.9 Å². The van der Waals surface area contributed by atoms with Crippen molar-refractivity contribution in [1.82, 2.24) is 5.32 Å². The molecule has 2 rings (SSSR count). The van der Waals surface area contributed by atoms with Gasteiger partial charge in [-0.2, -0.15) is 0 Å². The normalized spacial score (nSPS) is 22.8. The van der Waals surface area contributed by atoms with E-state index < -0.39 is 0 Å². The summed E-state index contributed by atoms with van der Waals surface area (Å²) in [7, 11) is 3.34. The van der Waals surface area contributed by atoms with Gasteiger partial charge in [0.15, 0.2) is 11.5 Å². The summed E-state index contributed by atoms with van der Waals surface area (Å²) in [6.45, 7) is 11.9. The van der Waals surface area contributed by atoms with E-state index >= 15 is 0 Å². The second kappa shape index (κ2) is 8.41. The Kier molecular flexibility index (Phi) is 6.75. The fourth-order valence-electron chi connectivity index (χ4n) is 4.07. The van der Waals surface area contributed by atoms with Crippen molar-refractivity contribution in [3.63, 3.8) is 0 Å². The number of methoxy groups -OCH3 is 2. The van der Waals surface area contributed by atoms with E-state index in [0.29, 0.717) is 11.3 Å². The number of rotatable bonds is 8. The molecule has 1 aliphatic heterocycles. The molecule has 0 spiro atoms. The molecule has 1 fully saturated rings. The summed E-state index contributed by atoms with van der Waals surface area (Å²) in [6, 6.07) is 6.10. The number of hydrogen-bond acceptors (Lipinski definition) is 4. The first-order chi connectivity index (χ1) is 11.8. The van der Waals surface area contributed by atoms with Crippen LogP contribution in [0.4, 0.5) is 0 Å². The van der Waals surface area contributed by atoms with Gasteiger partial charge in [-0.3, -0.25) is 0 Å². The first-order valence-electron chi connectivity index (χ1n) is 9.37. The minimum absolute atomic E-state index is 0.00807. The molecule has 0 unspecified atom stereocenters. The molecule has 1 saturated heterocycles. The first kappa shape index (κ1) is 20.1. The second-order valence-corrected chi connectivity index (χ2v) is 8.17. The van der Waals surface area contributed by atoms with Gasteiger partial charge in [-0.05, 0) is 68.7 Å². The Bertz CT molecular complexity index is 556. The Morgan fingerprint density at radius 2 is 1.88 bits per heavy atom. The zero-order valence-electron chi connectivity index (χ0n) is 16.8. The summed E-state index contributed by atoms with van der Waals surface area (Å²) in [4.78, 5) is 0. The van der Waals surface area contributed by atoms with Crippen LogP contribution in [-0.2, 0) is 11.3 Å². The zero-order valence-corrected chi connectivity index (χ0v) is 16.8. The molecule has 0 aromatic heterocycles. The average Bonchev–Trinajstić information content (AvgIpc) is 2.57. The van der Waals surface area contributed by atoms with Gasteiger partial charge < -0.3 is 19.5 Å². The predicted octanol–water partition coefficient (Wildman–Crippen LogP) is 4.41.